The van der Waals surface area contributed by atoms with Crippen molar-refractivity contribution >= 4 is 0 Å². The lowest BCUT2D eigenvalue weighted by Crippen LogP contribution is -2.41. The molecule has 1 saturated carbocycles. The van der Waals surface area contributed by atoms with Crippen LogP contribution >= 0.6 is 0 Å². The molecule has 1 unspecified atom stereocenters. The summed E-state index contributed by atoms with van der Waals surface area (Å²) in [7, 11) is 1.86. The quantitative estimate of drug-likeness (QED) is 0.597. The first-order chi connectivity index (χ1) is 5.08. The Morgan fingerprint density at radius 1 is 1.27 bits per heavy atom. The smallest absolute Gasteiger partial charge is 0.0726 e. The van der Waals surface area contributed by atoms with Crippen LogP contribution in [0.15, 0.2) is 0 Å². The second kappa shape index (κ2) is 2.78. The molecule has 0 aliphatic heterocycles. The highest BCUT2D eigenvalue weighted by atomic mass is 16.5. The molecule has 1 nitrogen and oxygen atoms in total. The number of methoxy groups -OCH3 is 1. The molecular formula is C10H20O. The van der Waals surface area contributed by atoms with Crippen molar-refractivity contribution in [2.24, 2.45) is 5.41 Å². The second-order valence-corrected chi connectivity index (χ2v) is 4.29. The van der Waals surface area contributed by atoms with E-state index in [1.54, 1.807) is 0 Å². The van der Waals surface area contributed by atoms with Gasteiger partial charge in [0.2, 0.25) is 0 Å². The minimum Gasteiger partial charge on any atom is -0.378 e. The van der Waals surface area contributed by atoms with E-state index < -0.39 is 0 Å². The Labute approximate surface area is 70.1 Å². The van der Waals surface area contributed by atoms with Gasteiger partial charge in [0.1, 0.15) is 0 Å². The Kier molecular flexibility index (Phi) is 2.29. The molecular weight excluding hydrogens is 136 g/mol. The van der Waals surface area contributed by atoms with Crippen LogP contribution in [0.5, 0.6) is 0 Å². The van der Waals surface area contributed by atoms with Crippen LogP contribution in [0.25, 0.3) is 0 Å². The predicted octanol–water partition coefficient (Wildman–Crippen LogP) is 2.99. The van der Waals surface area contributed by atoms with Crippen molar-refractivity contribution < 1.29 is 4.74 Å². The van der Waals surface area contributed by atoms with Gasteiger partial charge in [-0.2, -0.15) is 0 Å². The molecule has 1 heteroatoms. The number of ether oxygens (including phenoxy) is 1. The van der Waals surface area contributed by atoms with Crippen LogP contribution in [0.1, 0.15) is 46.5 Å². The van der Waals surface area contributed by atoms with E-state index in [1.165, 1.54) is 19.3 Å². The summed E-state index contributed by atoms with van der Waals surface area (Å²) in [6.45, 7) is 6.89. The maximum atomic E-state index is 5.66. The van der Waals surface area contributed by atoms with Crippen LogP contribution in [0, 0.1) is 5.41 Å². The molecule has 0 heterocycles. The third kappa shape index (κ3) is 1.20. The van der Waals surface area contributed by atoms with Crippen molar-refractivity contribution in [1.29, 1.82) is 0 Å². The predicted molar refractivity (Wildman–Crippen MR) is 47.7 cm³/mol. The van der Waals surface area contributed by atoms with Crippen molar-refractivity contribution in [3.05, 3.63) is 0 Å². The van der Waals surface area contributed by atoms with Crippen molar-refractivity contribution in [3.63, 3.8) is 0 Å². The molecule has 66 valence electrons. The number of hydrogen-bond donors (Lipinski definition) is 0. The minimum absolute atomic E-state index is 0.174. The van der Waals surface area contributed by atoms with E-state index in [2.05, 4.69) is 20.8 Å². The first-order valence-corrected chi connectivity index (χ1v) is 4.63. The van der Waals surface area contributed by atoms with E-state index in [-0.39, 0.29) is 5.60 Å². The average molecular weight is 156 g/mol. The zero-order chi connectivity index (χ0) is 8.54. The monoisotopic (exact) mass is 156 g/mol. The van der Waals surface area contributed by atoms with Crippen LogP contribution < -0.4 is 0 Å². The Bertz CT molecular complexity index is 134. The molecule has 1 aliphatic carbocycles. The molecule has 0 saturated heterocycles. The van der Waals surface area contributed by atoms with Crippen molar-refractivity contribution in [1.82, 2.24) is 0 Å². The number of rotatable bonds is 2. The molecule has 1 rings (SSSR count). The molecule has 0 spiro atoms. The molecule has 0 aromatic carbocycles. The molecule has 1 atom stereocenters. The van der Waals surface area contributed by atoms with Gasteiger partial charge in [0.15, 0.2) is 0 Å². The van der Waals surface area contributed by atoms with Crippen LogP contribution in [0.2, 0.25) is 0 Å². The van der Waals surface area contributed by atoms with E-state index in [1.807, 2.05) is 7.11 Å². The van der Waals surface area contributed by atoms with Gasteiger partial charge in [-0.05, 0) is 31.1 Å². The van der Waals surface area contributed by atoms with Crippen molar-refractivity contribution in [3.8, 4) is 0 Å². The summed E-state index contributed by atoms with van der Waals surface area (Å²) in [6, 6.07) is 0. The molecule has 1 fully saturated rings. The fraction of sp³-hybridized carbons (Fsp3) is 1.00. The van der Waals surface area contributed by atoms with Crippen molar-refractivity contribution in [2.45, 2.75) is 52.1 Å². The highest BCUT2D eigenvalue weighted by Gasteiger charge is 2.47. The molecule has 0 N–H and O–H groups in total. The molecule has 11 heavy (non-hydrogen) atoms. The van der Waals surface area contributed by atoms with Gasteiger partial charge in [-0.15, -0.1) is 0 Å². The maximum Gasteiger partial charge on any atom is 0.0726 e. The summed E-state index contributed by atoms with van der Waals surface area (Å²) in [6.07, 6.45) is 5.03. The third-order valence-electron chi connectivity index (χ3n) is 3.58. The van der Waals surface area contributed by atoms with Gasteiger partial charge in [0.05, 0.1) is 5.60 Å². The summed E-state index contributed by atoms with van der Waals surface area (Å²) in [5.41, 5.74) is 0.559. The van der Waals surface area contributed by atoms with Crippen LogP contribution in [-0.4, -0.2) is 12.7 Å². The Hall–Kier alpha value is -0.0400. The largest absolute Gasteiger partial charge is 0.378 e. The van der Waals surface area contributed by atoms with Gasteiger partial charge in [0.25, 0.3) is 0 Å². The standard InChI is InChI=1S/C10H20O/c1-5-10(11-4)8-6-7-9(10,2)3/h5-8H2,1-4H3. The summed E-state index contributed by atoms with van der Waals surface area (Å²) in [5.74, 6) is 0. The highest BCUT2D eigenvalue weighted by molar-refractivity contribution is 4.98. The molecule has 0 bridgehead atoms. The lowest BCUT2D eigenvalue weighted by atomic mass is 9.76. The molecule has 0 aromatic heterocycles. The highest BCUT2D eigenvalue weighted by Crippen LogP contribution is 2.49. The first-order valence-electron chi connectivity index (χ1n) is 4.63. The van der Waals surface area contributed by atoms with E-state index >= 15 is 0 Å². The minimum atomic E-state index is 0.174. The normalized spacial score (nSPS) is 36.0. The topological polar surface area (TPSA) is 9.23 Å². The van der Waals surface area contributed by atoms with Gasteiger partial charge in [-0.3, -0.25) is 0 Å². The molecule has 1 aliphatic rings. The fourth-order valence-corrected chi connectivity index (χ4v) is 2.56. The summed E-state index contributed by atoms with van der Waals surface area (Å²) in [5, 5.41) is 0. The molecule has 0 amide bonds. The van der Waals surface area contributed by atoms with Crippen LogP contribution in [0.3, 0.4) is 0 Å². The second-order valence-electron chi connectivity index (χ2n) is 4.29. The molecule has 0 aromatic rings. The number of hydrogen-bond acceptors (Lipinski definition) is 1. The Morgan fingerprint density at radius 3 is 2.09 bits per heavy atom. The summed E-state index contributed by atoms with van der Waals surface area (Å²) in [4.78, 5) is 0. The maximum absolute atomic E-state index is 5.66. The van der Waals surface area contributed by atoms with E-state index in [4.69, 9.17) is 4.74 Å². The Morgan fingerprint density at radius 2 is 1.91 bits per heavy atom. The zero-order valence-electron chi connectivity index (χ0n) is 8.24. The van der Waals surface area contributed by atoms with E-state index in [0.29, 0.717) is 5.41 Å². The van der Waals surface area contributed by atoms with Crippen LogP contribution in [0.4, 0.5) is 0 Å². The average Bonchev–Trinajstić information content (AvgIpc) is 2.26. The summed E-state index contributed by atoms with van der Waals surface area (Å²) < 4.78 is 5.66. The lowest BCUT2D eigenvalue weighted by molar-refractivity contribution is -0.0812. The van der Waals surface area contributed by atoms with Crippen molar-refractivity contribution in [2.75, 3.05) is 7.11 Å². The zero-order valence-corrected chi connectivity index (χ0v) is 8.24. The van der Waals surface area contributed by atoms with Crippen LogP contribution in [-0.2, 0) is 4.74 Å². The van der Waals surface area contributed by atoms with Gasteiger partial charge < -0.3 is 4.74 Å². The van der Waals surface area contributed by atoms with Gasteiger partial charge in [-0.1, -0.05) is 20.8 Å². The Balaban J connectivity index is 2.81. The summed E-state index contributed by atoms with van der Waals surface area (Å²) >= 11 is 0. The SMILES string of the molecule is CCC1(OC)CCCC1(C)C. The first kappa shape index (κ1) is 9.05. The van der Waals surface area contributed by atoms with Gasteiger partial charge in [0, 0.05) is 7.11 Å². The van der Waals surface area contributed by atoms with Gasteiger partial charge >= 0.3 is 0 Å². The van der Waals surface area contributed by atoms with Gasteiger partial charge in [-0.25, -0.2) is 0 Å². The fourth-order valence-electron chi connectivity index (χ4n) is 2.56. The van der Waals surface area contributed by atoms with E-state index in [9.17, 15) is 0 Å². The third-order valence-corrected chi connectivity index (χ3v) is 3.58. The lowest BCUT2D eigenvalue weighted by Gasteiger charge is -2.39. The molecule has 0 radical (unpaired) electrons. The van der Waals surface area contributed by atoms with E-state index in [0.717, 1.165) is 6.42 Å².